The zero-order chi connectivity index (χ0) is 23.5. The lowest BCUT2D eigenvalue weighted by molar-refractivity contribution is -0.132. The topological polar surface area (TPSA) is 71.1 Å². The molecule has 1 fully saturated rings. The smallest absolute Gasteiger partial charge is 0.270 e. The number of piperidine rings is 1. The highest BCUT2D eigenvalue weighted by molar-refractivity contribution is 9.10. The number of benzene rings is 1. The Kier molecular flexibility index (Phi) is 8.22. The molecule has 2 aliphatic heterocycles. The molecule has 0 aliphatic carbocycles. The highest BCUT2D eigenvalue weighted by atomic mass is 79.9. The van der Waals surface area contributed by atoms with E-state index in [0.29, 0.717) is 34.6 Å². The summed E-state index contributed by atoms with van der Waals surface area (Å²) in [4.78, 5) is 30.6. The number of hydrogen-bond donors (Lipinski definition) is 1. The van der Waals surface area contributed by atoms with Crippen LogP contribution in [0.2, 0.25) is 0 Å². The van der Waals surface area contributed by atoms with E-state index in [1.165, 1.54) is 0 Å². The van der Waals surface area contributed by atoms with E-state index >= 15 is 0 Å². The standard InChI is InChI=1S/C24H36BrN3O4/c1-16(2)28(17-9-8-10-26-15-17)22(29)18-13-20-21(14-19(18)25)32-24(3,4)23(30)27(20)11-6-7-12-31-5/h13-14,16-17,26H,6-12,15H2,1-5H3. The molecule has 1 N–H and O–H groups in total. The number of nitrogens with one attached hydrogen (secondary N) is 1. The molecule has 1 aromatic carbocycles. The maximum Gasteiger partial charge on any atom is 0.270 e. The van der Waals surface area contributed by atoms with Crippen molar-refractivity contribution in [2.24, 2.45) is 0 Å². The SMILES string of the molecule is COCCCCN1C(=O)C(C)(C)Oc2cc(Br)c(C(=O)N(C(C)C)C3CCCNC3)cc21. The average Bonchev–Trinajstić information content (AvgIpc) is 2.73. The van der Waals surface area contributed by atoms with Crippen LogP contribution in [0.1, 0.15) is 63.7 Å². The van der Waals surface area contributed by atoms with Gasteiger partial charge < -0.3 is 24.6 Å². The van der Waals surface area contributed by atoms with Gasteiger partial charge in [0.25, 0.3) is 11.8 Å². The van der Waals surface area contributed by atoms with E-state index in [-0.39, 0.29) is 23.9 Å². The molecule has 1 saturated heterocycles. The molecule has 3 rings (SSSR count). The summed E-state index contributed by atoms with van der Waals surface area (Å²) in [5.74, 6) is 0.487. The van der Waals surface area contributed by atoms with E-state index in [4.69, 9.17) is 9.47 Å². The van der Waals surface area contributed by atoms with Crippen LogP contribution in [0.25, 0.3) is 0 Å². The molecule has 2 heterocycles. The molecular formula is C24H36BrN3O4. The number of ether oxygens (including phenoxy) is 2. The van der Waals surface area contributed by atoms with Crippen molar-refractivity contribution in [1.82, 2.24) is 10.2 Å². The third-order valence-corrected chi connectivity index (χ3v) is 6.79. The largest absolute Gasteiger partial charge is 0.476 e. The minimum Gasteiger partial charge on any atom is -0.476 e. The van der Waals surface area contributed by atoms with Crippen LogP contribution in [0.3, 0.4) is 0 Å². The Morgan fingerprint density at radius 3 is 2.75 bits per heavy atom. The second-order valence-corrected chi connectivity index (χ2v) is 10.2. The zero-order valence-corrected chi connectivity index (χ0v) is 21.5. The van der Waals surface area contributed by atoms with Crippen LogP contribution < -0.4 is 15.0 Å². The van der Waals surface area contributed by atoms with Crippen molar-refractivity contribution in [1.29, 1.82) is 0 Å². The van der Waals surface area contributed by atoms with Gasteiger partial charge in [-0.2, -0.15) is 0 Å². The van der Waals surface area contributed by atoms with Gasteiger partial charge in [0.05, 0.1) is 11.3 Å². The fraction of sp³-hybridized carbons (Fsp3) is 0.667. The van der Waals surface area contributed by atoms with E-state index in [1.54, 1.807) is 25.9 Å². The Labute approximate surface area is 199 Å². The summed E-state index contributed by atoms with van der Waals surface area (Å²) in [6, 6.07) is 3.87. The minimum atomic E-state index is -0.961. The first kappa shape index (κ1) is 25.0. The number of carbonyl (C=O) groups excluding carboxylic acids is 2. The Hall–Kier alpha value is -1.64. The number of anilines is 1. The zero-order valence-electron chi connectivity index (χ0n) is 19.9. The quantitative estimate of drug-likeness (QED) is 0.536. The number of carbonyl (C=O) groups is 2. The number of nitrogens with zero attached hydrogens (tertiary/aromatic N) is 2. The van der Waals surface area contributed by atoms with Gasteiger partial charge in [0.15, 0.2) is 5.60 Å². The van der Waals surface area contributed by atoms with Gasteiger partial charge in [-0.05, 0) is 88.0 Å². The molecule has 2 amide bonds. The number of rotatable bonds is 8. The van der Waals surface area contributed by atoms with E-state index in [1.807, 2.05) is 17.0 Å². The molecule has 0 saturated carbocycles. The summed E-state index contributed by atoms with van der Waals surface area (Å²) in [5, 5.41) is 3.41. The average molecular weight is 510 g/mol. The summed E-state index contributed by atoms with van der Waals surface area (Å²) in [7, 11) is 1.68. The Bertz CT molecular complexity index is 837. The summed E-state index contributed by atoms with van der Waals surface area (Å²) < 4.78 is 11.9. The van der Waals surface area contributed by atoms with Gasteiger partial charge in [-0.1, -0.05) is 0 Å². The Morgan fingerprint density at radius 2 is 2.12 bits per heavy atom. The van der Waals surface area contributed by atoms with E-state index in [9.17, 15) is 9.59 Å². The molecule has 1 aromatic rings. The van der Waals surface area contributed by atoms with Crippen molar-refractivity contribution >= 4 is 33.4 Å². The fourth-order valence-corrected chi connectivity index (χ4v) is 5.02. The number of fused-ring (bicyclic) bond motifs is 1. The summed E-state index contributed by atoms with van der Waals surface area (Å²) in [5.41, 5.74) is 0.251. The summed E-state index contributed by atoms with van der Waals surface area (Å²) >= 11 is 3.60. The predicted molar refractivity (Wildman–Crippen MR) is 130 cm³/mol. The van der Waals surface area contributed by atoms with E-state index < -0.39 is 5.60 Å². The molecule has 1 unspecified atom stereocenters. The molecule has 0 bridgehead atoms. The van der Waals surface area contributed by atoms with E-state index in [0.717, 1.165) is 38.8 Å². The van der Waals surface area contributed by atoms with Crippen molar-refractivity contribution in [3.8, 4) is 5.75 Å². The van der Waals surface area contributed by atoms with Crippen LogP contribution in [-0.2, 0) is 9.53 Å². The summed E-state index contributed by atoms with van der Waals surface area (Å²) in [6.45, 7) is 10.7. The molecule has 0 radical (unpaired) electrons. The van der Waals surface area contributed by atoms with Gasteiger partial charge in [0.2, 0.25) is 0 Å². The monoisotopic (exact) mass is 509 g/mol. The van der Waals surface area contributed by atoms with Crippen LogP contribution in [0.4, 0.5) is 5.69 Å². The number of amides is 2. The number of hydrogen-bond acceptors (Lipinski definition) is 5. The number of halogens is 1. The molecule has 0 spiro atoms. The maximum atomic E-state index is 13.7. The number of unbranched alkanes of at least 4 members (excludes halogenated alkanes) is 1. The first-order valence-electron chi connectivity index (χ1n) is 11.5. The van der Waals surface area contributed by atoms with E-state index in [2.05, 4.69) is 35.1 Å². The molecule has 7 nitrogen and oxygen atoms in total. The minimum absolute atomic E-state index is 0.0278. The van der Waals surface area contributed by atoms with Crippen LogP contribution in [0, 0.1) is 0 Å². The first-order chi connectivity index (χ1) is 15.2. The maximum absolute atomic E-state index is 13.7. The van der Waals surface area contributed by atoms with Crippen LogP contribution >= 0.6 is 15.9 Å². The van der Waals surface area contributed by atoms with Crippen molar-refractivity contribution in [2.45, 2.75) is 71.1 Å². The van der Waals surface area contributed by atoms with Gasteiger partial charge >= 0.3 is 0 Å². The predicted octanol–water partition coefficient (Wildman–Crippen LogP) is 3.98. The summed E-state index contributed by atoms with van der Waals surface area (Å²) in [6.07, 6.45) is 3.70. The molecule has 32 heavy (non-hydrogen) atoms. The van der Waals surface area contributed by atoms with Crippen molar-refractivity contribution < 1.29 is 19.1 Å². The van der Waals surface area contributed by atoms with Gasteiger partial charge in [-0.15, -0.1) is 0 Å². The van der Waals surface area contributed by atoms with Crippen molar-refractivity contribution in [3.63, 3.8) is 0 Å². The Morgan fingerprint density at radius 1 is 1.38 bits per heavy atom. The Balaban J connectivity index is 1.96. The lowest BCUT2D eigenvalue weighted by Gasteiger charge is -2.40. The molecule has 178 valence electrons. The molecule has 1 atom stereocenters. The molecule has 0 aromatic heterocycles. The van der Waals surface area contributed by atoms with Gasteiger partial charge in [-0.25, -0.2) is 0 Å². The van der Waals surface area contributed by atoms with Crippen LogP contribution in [-0.4, -0.2) is 67.7 Å². The molecule has 2 aliphatic rings. The second kappa shape index (κ2) is 10.5. The lowest BCUT2D eigenvalue weighted by Crippen LogP contribution is -2.53. The van der Waals surface area contributed by atoms with Crippen molar-refractivity contribution in [2.75, 3.05) is 38.3 Å². The third kappa shape index (κ3) is 5.29. The highest BCUT2D eigenvalue weighted by Gasteiger charge is 2.41. The molecular weight excluding hydrogens is 474 g/mol. The third-order valence-electron chi connectivity index (χ3n) is 6.13. The first-order valence-corrected chi connectivity index (χ1v) is 12.3. The highest BCUT2D eigenvalue weighted by Crippen LogP contribution is 2.42. The van der Waals surface area contributed by atoms with Crippen LogP contribution in [0.15, 0.2) is 16.6 Å². The normalized spacial score (nSPS) is 20.2. The van der Waals surface area contributed by atoms with Crippen molar-refractivity contribution in [3.05, 3.63) is 22.2 Å². The second-order valence-electron chi connectivity index (χ2n) is 9.38. The fourth-order valence-electron chi connectivity index (χ4n) is 4.52. The molecule has 8 heteroatoms. The van der Waals surface area contributed by atoms with Gasteiger partial charge in [0, 0.05) is 43.4 Å². The van der Waals surface area contributed by atoms with Gasteiger partial charge in [0.1, 0.15) is 5.75 Å². The number of methoxy groups -OCH3 is 1. The lowest BCUT2D eigenvalue weighted by atomic mass is 10.00. The van der Waals surface area contributed by atoms with Crippen LogP contribution in [0.5, 0.6) is 5.75 Å². The van der Waals surface area contributed by atoms with Gasteiger partial charge in [-0.3, -0.25) is 9.59 Å².